The second-order valence-corrected chi connectivity index (χ2v) is 4.45. The van der Waals surface area contributed by atoms with Crippen molar-refractivity contribution in [2.75, 3.05) is 26.7 Å². The van der Waals surface area contributed by atoms with Gasteiger partial charge in [0.25, 0.3) is 0 Å². The average molecular weight is 268 g/mol. The molecule has 1 fully saturated rings. The summed E-state index contributed by atoms with van der Waals surface area (Å²) in [5, 5.41) is 2.55. The van der Waals surface area contributed by atoms with Gasteiger partial charge < -0.3 is 15.0 Å². The Bertz CT molecular complexity index is 368. The van der Waals surface area contributed by atoms with E-state index in [4.69, 9.17) is 4.74 Å². The van der Waals surface area contributed by atoms with Gasteiger partial charge in [0.2, 0.25) is 11.8 Å². The zero-order valence-electron chi connectivity index (χ0n) is 11.2. The third kappa shape index (κ3) is 4.73. The van der Waals surface area contributed by atoms with Gasteiger partial charge in [-0.05, 0) is 18.9 Å². The molecule has 0 aromatic heterocycles. The van der Waals surface area contributed by atoms with E-state index in [1.165, 1.54) is 13.2 Å². The van der Waals surface area contributed by atoms with Crippen LogP contribution in [0.3, 0.4) is 0 Å². The molecule has 0 spiro atoms. The molecule has 106 valence electrons. The number of amides is 2. The van der Waals surface area contributed by atoms with Gasteiger partial charge in [-0.1, -0.05) is 6.58 Å². The minimum atomic E-state index is -0.293. The van der Waals surface area contributed by atoms with Crippen molar-refractivity contribution in [2.45, 2.75) is 19.3 Å². The fraction of sp³-hybridized carbons (Fsp3) is 0.615. The summed E-state index contributed by atoms with van der Waals surface area (Å²) in [6, 6.07) is 0. The summed E-state index contributed by atoms with van der Waals surface area (Å²) in [5.41, 5.74) is 0. The molecule has 6 heteroatoms. The lowest BCUT2D eigenvalue weighted by atomic mass is 9.98. The molecular formula is C13H20N2O4. The van der Waals surface area contributed by atoms with Crippen LogP contribution in [0.25, 0.3) is 0 Å². The van der Waals surface area contributed by atoms with Gasteiger partial charge >= 0.3 is 5.97 Å². The topological polar surface area (TPSA) is 75.7 Å². The molecule has 1 saturated heterocycles. The summed E-state index contributed by atoms with van der Waals surface area (Å²) in [5.74, 6) is -0.847. The number of rotatable bonds is 5. The summed E-state index contributed by atoms with van der Waals surface area (Å²) in [6.45, 7) is 4.67. The van der Waals surface area contributed by atoms with Crippen LogP contribution in [0.4, 0.5) is 0 Å². The summed E-state index contributed by atoms with van der Waals surface area (Å²) in [6.07, 6.45) is 2.94. The van der Waals surface area contributed by atoms with Gasteiger partial charge in [-0.25, -0.2) is 0 Å². The van der Waals surface area contributed by atoms with E-state index >= 15 is 0 Å². The molecule has 0 aromatic carbocycles. The minimum absolute atomic E-state index is 0.0574. The van der Waals surface area contributed by atoms with Crippen molar-refractivity contribution >= 4 is 17.8 Å². The van der Waals surface area contributed by atoms with E-state index in [9.17, 15) is 14.4 Å². The van der Waals surface area contributed by atoms with Gasteiger partial charge in [-0.2, -0.15) is 0 Å². The highest BCUT2D eigenvalue weighted by Crippen LogP contribution is 2.18. The number of carbonyl (C=O) groups is 3. The molecule has 0 aromatic rings. The average Bonchev–Trinajstić information content (AvgIpc) is 2.46. The van der Waals surface area contributed by atoms with E-state index in [0.29, 0.717) is 13.1 Å². The van der Waals surface area contributed by atoms with Crippen LogP contribution in [-0.4, -0.2) is 49.4 Å². The van der Waals surface area contributed by atoms with Crippen LogP contribution < -0.4 is 5.32 Å². The Labute approximate surface area is 112 Å². The first-order valence-corrected chi connectivity index (χ1v) is 6.34. The predicted molar refractivity (Wildman–Crippen MR) is 69.1 cm³/mol. The van der Waals surface area contributed by atoms with Crippen LogP contribution in [0.1, 0.15) is 19.3 Å². The number of likely N-dealkylation sites (tertiary alicyclic amines) is 1. The van der Waals surface area contributed by atoms with Crippen LogP contribution in [0.2, 0.25) is 0 Å². The second kappa shape index (κ2) is 7.56. The van der Waals surface area contributed by atoms with E-state index in [1.54, 1.807) is 4.90 Å². The molecule has 1 aliphatic rings. The summed E-state index contributed by atoms with van der Waals surface area (Å²) in [7, 11) is 1.36. The van der Waals surface area contributed by atoms with Crippen molar-refractivity contribution in [2.24, 2.45) is 5.92 Å². The van der Waals surface area contributed by atoms with E-state index in [1.807, 2.05) is 0 Å². The lowest BCUT2D eigenvalue weighted by molar-refractivity contribution is -0.148. The Balaban J connectivity index is 2.37. The maximum absolute atomic E-state index is 11.9. The lowest BCUT2D eigenvalue weighted by Gasteiger charge is -2.31. The highest BCUT2D eigenvalue weighted by molar-refractivity contribution is 5.87. The van der Waals surface area contributed by atoms with E-state index in [-0.39, 0.29) is 36.7 Å². The normalized spacial score (nSPS) is 18.6. The highest BCUT2D eigenvalue weighted by Gasteiger charge is 2.28. The van der Waals surface area contributed by atoms with E-state index < -0.39 is 0 Å². The molecule has 19 heavy (non-hydrogen) atoms. The highest BCUT2D eigenvalue weighted by atomic mass is 16.5. The van der Waals surface area contributed by atoms with Crippen LogP contribution in [0, 0.1) is 5.92 Å². The Kier molecular flexibility index (Phi) is 6.05. The van der Waals surface area contributed by atoms with Crippen molar-refractivity contribution in [1.29, 1.82) is 0 Å². The molecule has 1 unspecified atom stereocenters. The van der Waals surface area contributed by atoms with Gasteiger partial charge in [0.05, 0.1) is 13.0 Å². The Hall–Kier alpha value is -1.85. The van der Waals surface area contributed by atoms with Crippen LogP contribution in [-0.2, 0) is 19.1 Å². The molecule has 0 aliphatic carbocycles. The van der Waals surface area contributed by atoms with Crippen molar-refractivity contribution in [1.82, 2.24) is 10.2 Å². The van der Waals surface area contributed by atoms with Crippen LogP contribution >= 0.6 is 0 Å². The molecule has 0 radical (unpaired) electrons. The van der Waals surface area contributed by atoms with Gasteiger partial charge in [-0.15, -0.1) is 0 Å². The molecule has 0 saturated carbocycles. The zero-order chi connectivity index (χ0) is 14.3. The predicted octanol–water partition coefficient (Wildman–Crippen LogP) is 0.0903. The number of methoxy groups -OCH3 is 1. The Morgan fingerprint density at radius 1 is 1.47 bits per heavy atom. The maximum Gasteiger partial charge on any atom is 0.310 e. The quantitative estimate of drug-likeness (QED) is 0.566. The van der Waals surface area contributed by atoms with Crippen molar-refractivity contribution in [3.63, 3.8) is 0 Å². The van der Waals surface area contributed by atoms with E-state index in [0.717, 1.165) is 12.8 Å². The number of nitrogens with one attached hydrogen (secondary N) is 1. The lowest BCUT2D eigenvalue weighted by Crippen LogP contribution is -2.43. The molecule has 0 bridgehead atoms. The first-order valence-electron chi connectivity index (χ1n) is 6.34. The van der Waals surface area contributed by atoms with Gasteiger partial charge in [-0.3, -0.25) is 14.4 Å². The summed E-state index contributed by atoms with van der Waals surface area (Å²) in [4.78, 5) is 36.0. The molecule has 6 nitrogen and oxygen atoms in total. The van der Waals surface area contributed by atoms with E-state index in [2.05, 4.69) is 11.9 Å². The Morgan fingerprint density at radius 2 is 2.21 bits per heavy atom. The Morgan fingerprint density at radius 3 is 2.84 bits per heavy atom. The number of carbonyl (C=O) groups excluding carboxylic acids is 3. The third-order valence-electron chi connectivity index (χ3n) is 3.13. The van der Waals surface area contributed by atoms with Gasteiger partial charge in [0.1, 0.15) is 0 Å². The molecule has 1 rings (SSSR count). The number of hydrogen-bond acceptors (Lipinski definition) is 4. The summed E-state index contributed by atoms with van der Waals surface area (Å²) < 4.78 is 4.70. The fourth-order valence-corrected chi connectivity index (χ4v) is 2.09. The van der Waals surface area contributed by atoms with Crippen molar-refractivity contribution < 1.29 is 19.1 Å². The van der Waals surface area contributed by atoms with Crippen molar-refractivity contribution in [3.8, 4) is 0 Å². The molecule has 1 heterocycles. The van der Waals surface area contributed by atoms with Crippen LogP contribution in [0.15, 0.2) is 12.7 Å². The van der Waals surface area contributed by atoms with Crippen LogP contribution in [0.5, 0.6) is 0 Å². The first-order chi connectivity index (χ1) is 9.08. The fourth-order valence-electron chi connectivity index (χ4n) is 2.09. The number of piperidine rings is 1. The molecular weight excluding hydrogens is 248 g/mol. The smallest absolute Gasteiger partial charge is 0.310 e. The first kappa shape index (κ1) is 15.2. The standard InChI is InChI=1S/C13H20N2O4/c1-3-11(16)14-7-6-12(17)15-8-4-5-10(9-15)13(18)19-2/h3,10H,1,4-9H2,2H3,(H,14,16). The largest absolute Gasteiger partial charge is 0.469 e. The number of ether oxygens (including phenoxy) is 1. The number of nitrogens with zero attached hydrogens (tertiary/aromatic N) is 1. The zero-order valence-corrected chi connectivity index (χ0v) is 11.2. The SMILES string of the molecule is C=CC(=O)NCCC(=O)N1CCCC(C(=O)OC)C1. The number of esters is 1. The maximum atomic E-state index is 11.9. The second-order valence-electron chi connectivity index (χ2n) is 4.45. The van der Waals surface area contributed by atoms with Gasteiger partial charge in [0.15, 0.2) is 0 Å². The summed E-state index contributed by atoms with van der Waals surface area (Å²) >= 11 is 0. The molecule has 1 atom stereocenters. The number of hydrogen-bond donors (Lipinski definition) is 1. The van der Waals surface area contributed by atoms with Crippen molar-refractivity contribution in [3.05, 3.63) is 12.7 Å². The molecule has 1 N–H and O–H groups in total. The van der Waals surface area contributed by atoms with Gasteiger partial charge in [0, 0.05) is 26.1 Å². The monoisotopic (exact) mass is 268 g/mol. The minimum Gasteiger partial charge on any atom is -0.469 e. The molecule has 1 aliphatic heterocycles. The molecule has 2 amide bonds. The third-order valence-corrected chi connectivity index (χ3v) is 3.13.